The molecule has 4 aromatic rings. The zero-order valence-corrected chi connectivity index (χ0v) is 28.1. The second-order valence-corrected chi connectivity index (χ2v) is 12.9. The average molecular weight is 741 g/mol. The van der Waals surface area contributed by atoms with Crippen LogP contribution in [0, 0.1) is 5.41 Å². The molecule has 0 radical (unpaired) electrons. The van der Waals surface area contributed by atoms with Gasteiger partial charge in [-0.05, 0) is 48.5 Å². The van der Waals surface area contributed by atoms with Gasteiger partial charge in [0.1, 0.15) is 12.7 Å². The summed E-state index contributed by atoms with van der Waals surface area (Å²) < 4.78 is 32.5. The fraction of sp³-hybridized carbons (Fsp3) is 0.194. The molecule has 1 heterocycles. The molecule has 1 saturated heterocycles. The van der Waals surface area contributed by atoms with Crippen molar-refractivity contribution in [1.29, 1.82) is 5.41 Å². The van der Waals surface area contributed by atoms with Gasteiger partial charge in [-0.25, -0.2) is 19.2 Å². The van der Waals surface area contributed by atoms with Gasteiger partial charge in [-0.3, -0.25) is 5.41 Å². The van der Waals surface area contributed by atoms with Gasteiger partial charge >= 0.3 is 23.9 Å². The van der Waals surface area contributed by atoms with Crippen LogP contribution in [0.25, 0.3) is 0 Å². The maximum absolute atomic E-state index is 13.6. The Hall–Kier alpha value is -4.94. The Balaban J connectivity index is 1.58. The number of halogens is 3. The number of carbonyl (C=O) groups is 4. The van der Waals surface area contributed by atoms with Gasteiger partial charge in [0, 0.05) is 0 Å². The molecule has 14 heteroatoms. The zero-order chi connectivity index (χ0) is 35.7. The topological polar surface area (TPSA) is 148 Å². The van der Waals surface area contributed by atoms with E-state index < -0.39 is 70.9 Å². The van der Waals surface area contributed by atoms with Gasteiger partial charge in [-0.2, -0.15) is 0 Å². The molecule has 0 aromatic heterocycles. The molecule has 50 heavy (non-hydrogen) atoms. The SMILES string of the molecule is N=C(O[C@H]1OC(COC(=O)c2ccccc2)[C@@H](OC(=O)c2ccccc2)[C@H](OC(=O)c2ccccc2)C1OC(=O)c1ccccc1)C(Cl)(Cl)Cl. The van der Waals surface area contributed by atoms with E-state index in [1.54, 1.807) is 72.8 Å². The van der Waals surface area contributed by atoms with Crippen molar-refractivity contribution in [2.75, 3.05) is 6.61 Å². The first kappa shape index (κ1) is 36.3. The number of rotatable bonds is 10. The van der Waals surface area contributed by atoms with Crippen LogP contribution < -0.4 is 0 Å². The highest BCUT2D eigenvalue weighted by molar-refractivity contribution is 6.76. The maximum Gasteiger partial charge on any atom is 0.338 e. The lowest BCUT2D eigenvalue weighted by Gasteiger charge is -2.44. The quantitative estimate of drug-likeness (QED) is 0.0620. The van der Waals surface area contributed by atoms with Crippen molar-refractivity contribution < 1.29 is 47.6 Å². The van der Waals surface area contributed by atoms with E-state index in [0.717, 1.165) is 0 Å². The summed E-state index contributed by atoms with van der Waals surface area (Å²) in [5.74, 6) is -4.41. The van der Waals surface area contributed by atoms with E-state index in [2.05, 4.69) is 0 Å². The lowest BCUT2D eigenvalue weighted by Crippen LogP contribution is -2.63. The number of hydrogen-bond donors (Lipinski definition) is 1. The van der Waals surface area contributed by atoms with E-state index >= 15 is 0 Å². The number of carbonyl (C=O) groups excluding carboxylic acids is 4. The van der Waals surface area contributed by atoms with Crippen molar-refractivity contribution in [2.24, 2.45) is 0 Å². The Kier molecular flexibility index (Phi) is 12.1. The molecule has 1 fully saturated rings. The summed E-state index contributed by atoms with van der Waals surface area (Å²) >= 11 is 17.8. The molecule has 258 valence electrons. The lowest BCUT2D eigenvalue weighted by molar-refractivity contribution is -0.279. The average Bonchev–Trinajstić information content (AvgIpc) is 3.13. The first-order valence-corrected chi connectivity index (χ1v) is 16.1. The second-order valence-electron chi connectivity index (χ2n) is 10.7. The Morgan fingerprint density at radius 3 is 1.30 bits per heavy atom. The fourth-order valence-corrected chi connectivity index (χ4v) is 4.94. The molecule has 0 saturated carbocycles. The number of esters is 4. The summed E-state index contributed by atoms with van der Waals surface area (Å²) in [6.45, 7) is -0.597. The molecule has 5 rings (SSSR count). The van der Waals surface area contributed by atoms with Crippen LogP contribution in [0.4, 0.5) is 0 Å². The minimum absolute atomic E-state index is 0.0904. The number of hydrogen-bond acceptors (Lipinski definition) is 11. The van der Waals surface area contributed by atoms with E-state index in [4.69, 9.17) is 68.6 Å². The first-order valence-electron chi connectivity index (χ1n) is 15.0. The van der Waals surface area contributed by atoms with Crippen molar-refractivity contribution >= 4 is 64.6 Å². The van der Waals surface area contributed by atoms with Crippen molar-refractivity contribution in [3.05, 3.63) is 144 Å². The molecule has 4 aromatic carbocycles. The molecule has 0 amide bonds. The Labute approximate surface area is 301 Å². The third-order valence-electron chi connectivity index (χ3n) is 7.23. The van der Waals surface area contributed by atoms with E-state index in [9.17, 15) is 19.2 Å². The van der Waals surface area contributed by atoms with Crippen LogP contribution in [-0.4, -0.2) is 70.9 Å². The molecule has 0 aliphatic carbocycles. The van der Waals surface area contributed by atoms with Crippen molar-refractivity contribution in [3.8, 4) is 0 Å². The van der Waals surface area contributed by atoms with Crippen LogP contribution in [0.1, 0.15) is 41.4 Å². The van der Waals surface area contributed by atoms with E-state index in [0.29, 0.717) is 0 Å². The Bertz CT molecular complexity index is 1790. The molecule has 11 nitrogen and oxygen atoms in total. The summed E-state index contributed by atoms with van der Waals surface area (Å²) in [5, 5.41) is 8.26. The first-order chi connectivity index (χ1) is 24.0. The second kappa shape index (κ2) is 16.6. The summed E-state index contributed by atoms with van der Waals surface area (Å²) in [7, 11) is 0. The highest BCUT2D eigenvalue weighted by Crippen LogP contribution is 2.35. The number of alkyl halides is 3. The molecule has 5 atom stereocenters. The molecule has 2 unspecified atom stereocenters. The largest absolute Gasteiger partial charge is 0.459 e. The highest BCUT2D eigenvalue weighted by atomic mass is 35.6. The summed E-state index contributed by atoms with van der Waals surface area (Å²) in [6.07, 6.45) is -8.34. The third-order valence-corrected chi connectivity index (χ3v) is 7.74. The predicted octanol–water partition coefficient (Wildman–Crippen LogP) is 6.61. The monoisotopic (exact) mass is 739 g/mol. The summed E-state index contributed by atoms with van der Waals surface area (Å²) in [4.78, 5) is 53.5. The summed E-state index contributed by atoms with van der Waals surface area (Å²) in [6, 6.07) is 31.5. The van der Waals surface area contributed by atoms with Crippen molar-refractivity contribution in [2.45, 2.75) is 34.5 Å². The van der Waals surface area contributed by atoms with E-state index in [1.807, 2.05) is 0 Å². The van der Waals surface area contributed by atoms with Gasteiger partial charge in [0.2, 0.25) is 18.3 Å². The molecule has 0 bridgehead atoms. The van der Waals surface area contributed by atoms with Gasteiger partial charge < -0.3 is 28.4 Å². The lowest BCUT2D eigenvalue weighted by atomic mass is 9.97. The van der Waals surface area contributed by atoms with Crippen LogP contribution in [0.2, 0.25) is 0 Å². The third kappa shape index (κ3) is 9.39. The van der Waals surface area contributed by atoms with Crippen molar-refractivity contribution in [1.82, 2.24) is 0 Å². The zero-order valence-electron chi connectivity index (χ0n) is 25.9. The molecule has 0 spiro atoms. The normalized spacial score (nSPS) is 20.1. The minimum Gasteiger partial charge on any atom is -0.459 e. The molecule has 1 aliphatic rings. The molecule has 1 aliphatic heterocycles. The summed E-state index contributed by atoms with van der Waals surface area (Å²) in [5.41, 5.74) is 0.509. The van der Waals surface area contributed by atoms with Gasteiger partial charge in [-0.15, -0.1) is 0 Å². The smallest absolute Gasteiger partial charge is 0.338 e. The highest BCUT2D eigenvalue weighted by Gasteiger charge is 2.55. The van der Waals surface area contributed by atoms with Crippen LogP contribution >= 0.6 is 34.8 Å². The molecule has 1 N–H and O–H groups in total. The predicted molar refractivity (Wildman–Crippen MR) is 181 cm³/mol. The van der Waals surface area contributed by atoms with Gasteiger partial charge in [-0.1, -0.05) is 108 Å². The Morgan fingerprint density at radius 1 is 0.540 bits per heavy atom. The van der Waals surface area contributed by atoms with Gasteiger partial charge in [0.05, 0.1) is 22.3 Å². The number of benzene rings is 4. The molecular weight excluding hydrogens is 713 g/mol. The van der Waals surface area contributed by atoms with Crippen LogP contribution in [0.3, 0.4) is 0 Å². The minimum atomic E-state index is -2.40. The van der Waals surface area contributed by atoms with Crippen LogP contribution in [-0.2, 0) is 28.4 Å². The van der Waals surface area contributed by atoms with Crippen LogP contribution in [0.5, 0.6) is 0 Å². The number of ether oxygens (including phenoxy) is 6. The standard InChI is InChI=1S/C36H28Cl3NO10/c37-36(38,39)35(40)50-34-29(49-33(44)25-19-11-4-12-20-25)28(48-32(43)24-17-9-3-10-18-24)27(47-31(42)23-15-7-2-8-16-23)26(46-34)21-45-30(41)22-13-5-1-6-14-22/h1-20,26-29,34,40H,21H2/t26?,27-,28+,29?,34-/m1/s1. The fourth-order valence-electron chi connectivity index (χ4n) is 4.81. The molecular formula is C36H28Cl3NO10. The Morgan fingerprint density at radius 2 is 0.900 bits per heavy atom. The van der Waals surface area contributed by atoms with Gasteiger partial charge in [0.25, 0.3) is 3.79 Å². The number of nitrogens with one attached hydrogen (secondary N) is 1. The van der Waals surface area contributed by atoms with Crippen molar-refractivity contribution in [3.63, 3.8) is 0 Å². The van der Waals surface area contributed by atoms with E-state index in [1.165, 1.54) is 48.5 Å². The van der Waals surface area contributed by atoms with E-state index in [-0.39, 0.29) is 22.3 Å². The van der Waals surface area contributed by atoms with Crippen LogP contribution in [0.15, 0.2) is 121 Å². The van der Waals surface area contributed by atoms with Gasteiger partial charge in [0.15, 0.2) is 12.2 Å². The maximum atomic E-state index is 13.6.